The van der Waals surface area contributed by atoms with E-state index in [1.54, 1.807) is 0 Å². The highest BCUT2D eigenvalue weighted by Gasteiger charge is 2.15. The summed E-state index contributed by atoms with van der Waals surface area (Å²) >= 11 is 3.96. The fraction of sp³-hybridized carbons (Fsp3) is 1.00. The van der Waals surface area contributed by atoms with E-state index in [9.17, 15) is 0 Å². The molecule has 0 aromatic carbocycles. The second-order valence-corrected chi connectivity index (χ2v) is 2.94. The summed E-state index contributed by atoms with van der Waals surface area (Å²) in [4.78, 5) is 0. The van der Waals surface area contributed by atoms with Crippen molar-refractivity contribution >= 4 is 12.6 Å². The molecule has 2 nitrogen and oxygen atoms in total. The van der Waals surface area contributed by atoms with Crippen LogP contribution in [0.3, 0.4) is 0 Å². The van der Waals surface area contributed by atoms with Crippen LogP contribution in [0.4, 0.5) is 0 Å². The van der Waals surface area contributed by atoms with Gasteiger partial charge in [-0.3, -0.25) is 0 Å². The molecule has 0 aliphatic rings. The average molecular weight is 150 g/mol. The van der Waals surface area contributed by atoms with Crippen LogP contribution in [0.25, 0.3) is 0 Å². The maximum Gasteiger partial charge on any atom is 0.0856 e. The topological polar surface area (TPSA) is 29.5 Å². The summed E-state index contributed by atoms with van der Waals surface area (Å²) in [5.74, 6) is 0.698. The van der Waals surface area contributed by atoms with Gasteiger partial charge in [-0.05, 0) is 13.8 Å². The van der Waals surface area contributed by atoms with Crippen molar-refractivity contribution in [3.05, 3.63) is 0 Å². The quantitative estimate of drug-likeness (QED) is 0.578. The lowest BCUT2D eigenvalue weighted by Gasteiger charge is -2.21. The Morgan fingerprint density at radius 3 is 2.44 bits per heavy atom. The van der Waals surface area contributed by atoms with Crippen LogP contribution < -0.4 is 0 Å². The van der Waals surface area contributed by atoms with Crippen LogP contribution in [-0.2, 0) is 4.74 Å². The predicted octanol–water partition coefficient (Wildman–Crippen LogP) is 0.704. The highest BCUT2D eigenvalue weighted by atomic mass is 32.1. The van der Waals surface area contributed by atoms with E-state index in [2.05, 4.69) is 12.6 Å². The molecule has 56 valence electrons. The largest absolute Gasteiger partial charge is 0.393 e. The van der Waals surface area contributed by atoms with Crippen molar-refractivity contribution in [2.24, 2.45) is 0 Å². The van der Waals surface area contributed by atoms with Gasteiger partial charge in [-0.1, -0.05) is 0 Å². The number of rotatable bonds is 4. The molecule has 0 aromatic rings. The zero-order valence-corrected chi connectivity index (χ0v) is 6.82. The minimum Gasteiger partial charge on any atom is -0.393 e. The first-order valence-corrected chi connectivity index (χ1v) is 3.61. The van der Waals surface area contributed by atoms with Crippen LogP contribution in [-0.4, -0.2) is 29.7 Å². The van der Waals surface area contributed by atoms with Gasteiger partial charge in [-0.2, -0.15) is 12.6 Å². The Balaban J connectivity index is 3.33. The molecule has 1 N–H and O–H groups in total. The van der Waals surface area contributed by atoms with Gasteiger partial charge >= 0.3 is 0 Å². The molecule has 3 heteroatoms. The lowest BCUT2D eigenvalue weighted by molar-refractivity contribution is -0.0463. The van der Waals surface area contributed by atoms with Crippen LogP contribution in [0.2, 0.25) is 0 Å². The summed E-state index contributed by atoms with van der Waals surface area (Å²) in [6.07, 6.45) is 0. The van der Waals surface area contributed by atoms with Gasteiger partial charge in [0.2, 0.25) is 0 Å². The second kappa shape index (κ2) is 4.14. The van der Waals surface area contributed by atoms with E-state index in [0.717, 1.165) is 0 Å². The molecule has 0 unspecified atom stereocenters. The SMILES string of the molecule is CC(C)(CO)OCCS. The van der Waals surface area contributed by atoms with Crippen molar-refractivity contribution in [1.29, 1.82) is 0 Å². The molecule has 0 radical (unpaired) electrons. The monoisotopic (exact) mass is 150 g/mol. The van der Waals surface area contributed by atoms with Crippen LogP contribution >= 0.6 is 12.6 Å². The highest BCUT2D eigenvalue weighted by molar-refractivity contribution is 7.80. The van der Waals surface area contributed by atoms with E-state index in [1.165, 1.54) is 0 Å². The minimum atomic E-state index is -0.400. The summed E-state index contributed by atoms with van der Waals surface area (Å²) in [5, 5.41) is 8.67. The van der Waals surface area contributed by atoms with Gasteiger partial charge < -0.3 is 9.84 Å². The van der Waals surface area contributed by atoms with Gasteiger partial charge in [-0.25, -0.2) is 0 Å². The van der Waals surface area contributed by atoms with E-state index in [0.29, 0.717) is 12.4 Å². The molecule has 9 heavy (non-hydrogen) atoms. The lowest BCUT2D eigenvalue weighted by Crippen LogP contribution is -2.29. The van der Waals surface area contributed by atoms with Gasteiger partial charge in [0.05, 0.1) is 18.8 Å². The Morgan fingerprint density at radius 1 is 1.56 bits per heavy atom. The van der Waals surface area contributed by atoms with E-state index in [1.807, 2.05) is 13.8 Å². The molecule has 0 spiro atoms. The fourth-order valence-electron chi connectivity index (χ4n) is 0.368. The Labute approximate surface area is 61.6 Å². The van der Waals surface area contributed by atoms with Crippen molar-refractivity contribution < 1.29 is 9.84 Å². The Hall–Kier alpha value is 0.270. The first kappa shape index (κ1) is 9.27. The Bertz CT molecular complexity index is 73.5. The molecule has 0 rings (SSSR count). The number of ether oxygens (including phenoxy) is 1. The molecule has 0 saturated carbocycles. The van der Waals surface area contributed by atoms with Crippen molar-refractivity contribution in [3.63, 3.8) is 0 Å². The Morgan fingerprint density at radius 2 is 2.11 bits per heavy atom. The lowest BCUT2D eigenvalue weighted by atomic mass is 10.2. The number of aliphatic hydroxyl groups is 1. The first-order chi connectivity index (χ1) is 4.12. The van der Waals surface area contributed by atoms with E-state index in [-0.39, 0.29) is 6.61 Å². The number of hydrogen-bond donors (Lipinski definition) is 2. The summed E-state index contributed by atoms with van der Waals surface area (Å²) in [7, 11) is 0. The van der Waals surface area contributed by atoms with Gasteiger partial charge in [0.15, 0.2) is 0 Å². The van der Waals surface area contributed by atoms with E-state index in [4.69, 9.17) is 9.84 Å². The van der Waals surface area contributed by atoms with Gasteiger partial charge in [0.1, 0.15) is 0 Å². The van der Waals surface area contributed by atoms with Gasteiger partial charge in [0, 0.05) is 5.75 Å². The summed E-state index contributed by atoms with van der Waals surface area (Å²) in [6, 6.07) is 0. The molecule has 0 amide bonds. The summed E-state index contributed by atoms with van der Waals surface area (Å²) in [6.45, 7) is 4.34. The number of thiol groups is 1. The molecule has 0 aromatic heterocycles. The van der Waals surface area contributed by atoms with Crippen LogP contribution in [0.5, 0.6) is 0 Å². The molecule has 0 atom stereocenters. The molecule has 0 saturated heterocycles. The van der Waals surface area contributed by atoms with Crippen LogP contribution in [0.1, 0.15) is 13.8 Å². The molecular weight excluding hydrogens is 136 g/mol. The highest BCUT2D eigenvalue weighted by Crippen LogP contribution is 2.06. The fourth-order valence-corrected chi connectivity index (χ4v) is 0.459. The van der Waals surface area contributed by atoms with E-state index < -0.39 is 5.60 Å². The average Bonchev–Trinajstić information content (AvgIpc) is 1.84. The maximum absolute atomic E-state index is 8.67. The number of aliphatic hydroxyl groups excluding tert-OH is 1. The van der Waals surface area contributed by atoms with Crippen LogP contribution in [0.15, 0.2) is 0 Å². The zero-order valence-electron chi connectivity index (χ0n) is 5.92. The molecule has 0 aliphatic heterocycles. The smallest absolute Gasteiger partial charge is 0.0856 e. The van der Waals surface area contributed by atoms with Crippen molar-refractivity contribution in [2.75, 3.05) is 19.0 Å². The van der Waals surface area contributed by atoms with Crippen molar-refractivity contribution in [3.8, 4) is 0 Å². The Kier molecular flexibility index (Phi) is 4.27. The molecular formula is C6H14O2S. The molecule has 0 bridgehead atoms. The minimum absolute atomic E-state index is 0.0563. The zero-order chi connectivity index (χ0) is 7.33. The molecule has 0 aliphatic carbocycles. The third-order valence-electron chi connectivity index (χ3n) is 0.965. The van der Waals surface area contributed by atoms with Crippen LogP contribution in [0, 0.1) is 0 Å². The third kappa shape index (κ3) is 4.75. The standard InChI is InChI=1S/C6H14O2S/c1-6(2,5-7)8-3-4-9/h7,9H,3-5H2,1-2H3. The maximum atomic E-state index is 8.67. The summed E-state index contributed by atoms with van der Waals surface area (Å²) < 4.78 is 5.20. The second-order valence-electron chi connectivity index (χ2n) is 2.49. The third-order valence-corrected chi connectivity index (χ3v) is 1.15. The predicted molar refractivity (Wildman–Crippen MR) is 41.0 cm³/mol. The summed E-state index contributed by atoms with van der Waals surface area (Å²) in [5.41, 5.74) is -0.400. The normalized spacial score (nSPS) is 12.0. The van der Waals surface area contributed by atoms with Crippen molar-refractivity contribution in [1.82, 2.24) is 0 Å². The van der Waals surface area contributed by atoms with Gasteiger partial charge in [-0.15, -0.1) is 0 Å². The van der Waals surface area contributed by atoms with Crippen molar-refractivity contribution in [2.45, 2.75) is 19.4 Å². The first-order valence-electron chi connectivity index (χ1n) is 2.98. The molecule has 0 fully saturated rings. The number of hydrogen-bond acceptors (Lipinski definition) is 3. The van der Waals surface area contributed by atoms with Gasteiger partial charge in [0.25, 0.3) is 0 Å². The van der Waals surface area contributed by atoms with E-state index >= 15 is 0 Å². The molecule has 0 heterocycles.